The Balaban J connectivity index is 1.34. The van der Waals surface area contributed by atoms with Gasteiger partial charge in [0.2, 0.25) is 11.8 Å². The summed E-state index contributed by atoms with van der Waals surface area (Å²) in [6.45, 7) is 4.20. The van der Waals surface area contributed by atoms with Crippen LogP contribution < -0.4 is 10.1 Å². The SMILES string of the molecule is COC(=O)C(Cc1ccc(O)cc1)NC(=O)C(C)(C)CCCCOc1cc(-c2ccccc2)cc(-c2ccccc2)n1. The van der Waals surface area contributed by atoms with Crippen molar-refractivity contribution in [3.63, 3.8) is 0 Å². The highest BCUT2D eigenvalue weighted by atomic mass is 16.5. The van der Waals surface area contributed by atoms with Crippen molar-refractivity contribution in [2.75, 3.05) is 13.7 Å². The minimum Gasteiger partial charge on any atom is -0.508 e. The number of methoxy groups -OCH3 is 1. The number of nitrogens with zero attached hydrogens (tertiary/aromatic N) is 1. The highest BCUT2D eigenvalue weighted by molar-refractivity contribution is 5.87. The molecule has 0 aliphatic heterocycles. The molecule has 0 saturated carbocycles. The van der Waals surface area contributed by atoms with Crippen molar-refractivity contribution in [3.8, 4) is 34.0 Å². The van der Waals surface area contributed by atoms with Crippen molar-refractivity contribution in [2.45, 2.75) is 45.6 Å². The lowest BCUT2D eigenvalue weighted by atomic mass is 9.85. The highest BCUT2D eigenvalue weighted by Gasteiger charge is 2.31. The molecule has 0 radical (unpaired) electrons. The predicted octanol–water partition coefficient (Wildman–Crippen LogP) is 6.60. The lowest BCUT2D eigenvalue weighted by Crippen LogP contribution is -2.48. The van der Waals surface area contributed by atoms with Crippen molar-refractivity contribution in [1.82, 2.24) is 10.3 Å². The summed E-state index contributed by atoms with van der Waals surface area (Å²) in [5.41, 5.74) is 4.09. The lowest BCUT2D eigenvalue weighted by Gasteiger charge is -2.26. The summed E-state index contributed by atoms with van der Waals surface area (Å²) < 4.78 is 11.0. The Hall–Kier alpha value is -4.65. The van der Waals surface area contributed by atoms with E-state index in [1.54, 1.807) is 24.3 Å². The van der Waals surface area contributed by atoms with Crippen molar-refractivity contribution < 1.29 is 24.2 Å². The number of phenolic OH excluding ortho intramolecular Hbond substituents is 1. The molecule has 1 heterocycles. The molecule has 42 heavy (non-hydrogen) atoms. The summed E-state index contributed by atoms with van der Waals surface area (Å²) in [6.07, 6.45) is 2.37. The molecule has 0 aliphatic rings. The number of carbonyl (C=O) groups is 2. The Bertz CT molecular complexity index is 1400. The van der Waals surface area contributed by atoms with Gasteiger partial charge in [-0.15, -0.1) is 0 Å². The van der Waals surface area contributed by atoms with Gasteiger partial charge in [-0.3, -0.25) is 4.79 Å². The van der Waals surface area contributed by atoms with Gasteiger partial charge in [0, 0.05) is 23.5 Å². The van der Waals surface area contributed by atoms with Gasteiger partial charge in [-0.2, -0.15) is 0 Å². The number of benzene rings is 3. The first-order chi connectivity index (χ1) is 20.2. The van der Waals surface area contributed by atoms with Gasteiger partial charge in [0.15, 0.2) is 0 Å². The molecule has 7 heteroatoms. The Labute approximate surface area is 247 Å². The van der Waals surface area contributed by atoms with E-state index in [-0.39, 0.29) is 18.1 Å². The van der Waals surface area contributed by atoms with Gasteiger partial charge in [-0.25, -0.2) is 9.78 Å². The zero-order chi connectivity index (χ0) is 30.0. The van der Waals surface area contributed by atoms with E-state index >= 15 is 0 Å². The van der Waals surface area contributed by atoms with E-state index in [1.165, 1.54) is 7.11 Å². The summed E-state index contributed by atoms with van der Waals surface area (Å²) in [4.78, 5) is 30.3. The van der Waals surface area contributed by atoms with E-state index in [0.717, 1.165) is 40.8 Å². The topological polar surface area (TPSA) is 97.8 Å². The maximum absolute atomic E-state index is 13.2. The second-order valence-electron chi connectivity index (χ2n) is 10.9. The van der Waals surface area contributed by atoms with Crippen LogP contribution in [-0.2, 0) is 20.7 Å². The van der Waals surface area contributed by atoms with Crippen LogP contribution >= 0.6 is 0 Å². The number of nitrogens with one attached hydrogen (secondary N) is 1. The number of carbonyl (C=O) groups excluding carboxylic acids is 2. The minimum atomic E-state index is -0.823. The number of aromatic nitrogens is 1. The first-order valence-electron chi connectivity index (χ1n) is 14.2. The number of rotatable bonds is 13. The Morgan fingerprint density at radius 3 is 2.14 bits per heavy atom. The molecule has 218 valence electrons. The van der Waals surface area contributed by atoms with Crippen LogP contribution in [0.3, 0.4) is 0 Å². The van der Waals surface area contributed by atoms with Gasteiger partial charge in [0.1, 0.15) is 11.8 Å². The van der Waals surface area contributed by atoms with E-state index in [1.807, 2.05) is 68.4 Å². The molecule has 1 amide bonds. The first-order valence-corrected chi connectivity index (χ1v) is 14.2. The largest absolute Gasteiger partial charge is 0.508 e. The number of ether oxygens (including phenoxy) is 2. The third-order valence-corrected chi connectivity index (χ3v) is 7.21. The molecule has 0 aliphatic carbocycles. The van der Waals surface area contributed by atoms with Crippen LogP contribution in [0.5, 0.6) is 11.6 Å². The number of phenols is 1. The number of pyridine rings is 1. The van der Waals surface area contributed by atoms with Gasteiger partial charge in [0.25, 0.3) is 0 Å². The Morgan fingerprint density at radius 1 is 0.857 bits per heavy atom. The molecule has 1 atom stereocenters. The van der Waals surface area contributed by atoms with E-state index in [0.29, 0.717) is 18.9 Å². The summed E-state index contributed by atoms with van der Waals surface area (Å²) in [5, 5.41) is 12.4. The molecule has 3 aromatic carbocycles. The fourth-order valence-corrected chi connectivity index (χ4v) is 4.65. The zero-order valence-electron chi connectivity index (χ0n) is 24.4. The Morgan fingerprint density at radius 2 is 1.50 bits per heavy atom. The zero-order valence-corrected chi connectivity index (χ0v) is 24.4. The fourth-order valence-electron chi connectivity index (χ4n) is 4.65. The van der Waals surface area contributed by atoms with Crippen LogP contribution in [0, 0.1) is 5.41 Å². The van der Waals surface area contributed by atoms with E-state index in [4.69, 9.17) is 14.5 Å². The molecule has 4 aromatic rings. The summed E-state index contributed by atoms with van der Waals surface area (Å²) in [6, 6.07) is 29.9. The monoisotopic (exact) mass is 566 g/mol. The molecule has 2 N–H and O–H groups in total. The van der Waals surface area contributed by atoms with E-state index < -0.39 is 17.4 Å². The van der Waals surface area contributed by atoms with Crippen LogP contribution in [0.2, 0.25) is 0 Å². The third kappa shape index (κ3) is 8.43. The molecule has 1 aromatic heterocycles. The maximum atomic E-state index is 13.2. The number of hydrogen-bond acceptors (Lipinski definition) is 6. The molecule has 0 bridgehead atoms. The molecule has 7 nitrogen and oxygen atoms in total. The quantitative estimate of drug-likeness (QED) is 0.140. The van der Waals surface area contributed by atoms with Gasteiger partial charge in [-0.05, 0) is 54.2 Å². The van der Waals surface area contributed by atoms with Crippen molar-refractivity contribution in [1.29, 1.82) is 0 Å². The van der Waals surface area contributed by atoms with Crippen molar-refractivity contribution >= 4 is 11.9 Å². The van der Waals surface area contributed by atoms with Gasteiger partial charge < -0.3 is 19.9 Å². The third-order valence-electron chi connectivity index (χ3n) is 7.21. The number of esters is 1. The minimum absolute atomic E-state index is 0.138. The molecule has 4 rings (SSSR count). The van der Waals surface area contributed by atoms with Gasteiger partial charge in [-0.1, -0.05) is 86.6 Å². The first kappa shape index (κ1) is 30.3. The van der Waals surface area contributed by atoms with Crippen LogP contribution in [0.1, 0.15) is 38.7 Å². The average molecular weight is 567 g/mol. The van der Waals surface area contributed by atoms with Gasteiger partial charge >= 0.3 is 5.97 Å². The van der Waals surface area contributed by atoms with Crippen molar-refractivity contribution in [3.05, 3.63) is 103 Å². The van der Waals surface area contributed by atoms with E-state index in [2.05, 4.69) is 23.5 Å². The molecule has 1 unspecified atom stereocenters. The standard InChI is InChI=1S/C35H38N2O5/c1-35(2,34(40)37-31(33(39)41-3)22-25-16-18-29(38)19-17-25)20-10-11-21-42-32-24-28(26-12-6-4-7-13-26)23-30(36-32)27-14-8-5-9-15-27/h4-9,12-19,23-24,31,38H,10-11,20-22H2,1-3H3,(H,37,40). The predicted molar refractivity (Wildman–Crippen MR) is 164 cm³/mol. The number of unbranched alkanes of at least 4 members (excludes halogenated alkanes) is 1. The summed E-state index contributed by atoms with van der Waals surface area (Å²) >= 11 is 0. The van der Waals surface area contributed by atoms with E-state index in [9.17, 15) is 14.7 Å². The molecule has 0 spiro atoms. The fraction of sp³-hybridized carbons (Fsp3) is 0.286. The molecular weight excluding hydrogens is 528 g/mol. The number of hydrogen-bond donors (Lipinski definition) is 2. The van der Waals surface area contributed by atoms with Gasteiger partial charge in [0.05, 0.1) is 19.4 Å². The second-order valence-corrected chi connectivity index (χ2v) is 10.9. The Kier molecular flexibility index (Phi) is 10.3. The average Bonchev–Trinajstić information content (AvgIpc) is 3.01. The lowest BCUT2D eigenvalue weighted by molar-refractivity contribution is -0.146. The molecular formula is C35H38N2O5. The van der Waals surface area contributed by atoms with Crippen LogP contribution in [0.4, 0.5) is 0 Å². The maximum Gasteiger partial charge on any atom is 0.328 e. The summed E-state index contributed by atoms with van der Waals surface area (Å²) in [5.74, 6) is -0.0377. The summed E-state index contributed by atoms with van der Waals surface area (Å²) in [7, 11) is 1.30. The van der Waals surface area contributed by atoms with Crippen LogP contribution in [-0.4, -0.2) is 41.7 Å². The second kappa shape index (κ2) is 14.3. The van der Waals surface area contributed by atoms with Crippen molar-refractivity contribution in [2.24, 2.45) is 5.41 Å². The normalized spacial score (nSPS) is 11.9. The highest BCUT2D eigenvalue weighted by Crippen LogP contribution is 2.29. The smallest absolute Gasteiger partial charge is 0.328 e. The number of aromatic hydroxyl groups is 1. The van der Waals surface area contributed by atoms with Crippen LogP contribution in [0.25, 0.3) is 22.4 Å². The number of amides is 1. The molecule has 0 saturated heterocycles. The van der Waals surface area contributed by atoms with Crippen LogP contribution in [0.15, 0.2) is 97.1 Å². The molecule has 0 fully saturated rings.